The normalized spacial score (nSPS) is 10.8. The van der Waals surface area contributed by atoms with Gasteiger partial charge < -0.3 is 10.7 Å². The zero-order valence-corrected chi connectivity index (χ0v) is 11.6. The summed E-state index contributed by atoms with van der Waals surface area (Å²) in [5.74, 6) is 0.735. The molecule has 0 aliphatic carbocycles. The number of nitrogens with one attached hydrogen (secondary N) is 1. The molecule has 0 fully saturated rings. The Morgan fingerprint density at radius 3 is 2.82 bits per heavy atom. The van der Waals surface area contributed by atoms with Gasteiger partial charge in [0.25, 0.3) is 0 Å². The summed E-state index contributed by atoms with van der Waals surface area (Å²) < 4.78 is 1.09. The van der Waals surface area contributed by atoms with Crippen LogP contribution < -0.4 is 5.73 Å². The molecule has 0 radical (unpaired) electrons. The number of nitrogens with two attached hydrogens (primary N) is 1. The fourth-order valence-electron chi connectivity index (χ4n) is 1.66. The molecule has 5 heteroatoms. The van der Waals surface area contributed by atoms with Crippen LogP contribution in [0.15, 0.2) is 28.7 Å². The van der Waals surface area contributed by atoms with Crippen molar-refractivity contribution in [2.75, 3.05) is 0 Å². The largest absolute Gasteiger partial charge is 0.343 e. The van der Waals surface area contributed by atoms with Crippen LogP contribution in [0.5, 0.6) is 0 Å². The Morgan fingerprint density at radius 1 is 1.35 bits per heavy atom. The van der Waals surface area contributed by atoms with Gasteiger partial charge in [-0.1, -0.05) is 39.7 Å². The lowest BCUT2D eigenvalue weighted by Crippen LogP contribution is -1.98. The molecule has 3 nitrogen and oxygen atoms in total. The molecule has 0 aliphatic heterocycles. The van der Waals surface area contributed by atoms with Crippen LogP contribution in [-0.4, -0.2) is 9.97 Å². The SMILES string of the molecule is NCc1nc(Cl)c(CCc2cccc(Br)c2)[nH]1. The molecule has 17 heavy (non-hydrogen) atoms. The number of hydrogen-bond donors (Lipinski definition) is 2. The van der Waals surface area contributed by atoms with Crippen molar-refractivity contribution in [2.45, 2.75) is 19.4 Å². The molecule has 1 aromatic heterocycles. The van der Waals surface area contributed by atoms with Crippen LogP contribution in [-0.2, 0) is 19.4 Å². The average molecular weight is 315 g/mol. The molecule has 0 aliphatic rings. The first-order valence-electron chi connectivity index (χ1n) is 5.37. The van der Waals surface area contributed by atoms with Gasteiger partial charge in [0.2, 0.25) is 0 Å². The van der Waals surface area contributed by atoms with E-state index in [1.165, 1.54) is 5.56 Å². The number of aromatic nitrogens is 2. The van der Waals surface area contributed by atoms with E-state index in [2.05, 4.69) is 38.0 Å². The van der Waals surface area contributed by atoms with Crippen LogP contribution in [0.2, 0.25) is 5.15 Å². The highest BCUT2D eigenvalue weighted by atomic mass is 79.9. The Balaban J connectivity index is 2.04. The van der Waals surface area contributed by atoms with Crippen molar-refractivity contribution >= 4 is 27.5 Å². The minimum atomic E-state index is 0.386. The van der Waals surface area contributed by atoms with Crippen molar-refractivity contribution in [1.29, 1.82) is 0 Å². The van der Waals surface area contributed by atoms with Crippen LogP contribution in [0, 0.1) is 0 Å². The highest BCUT2D eigenvalue weighted by Crippen LogP contribution is 2.17. The number of H-pyrrole nitrogens is 1. The Bertz CT molecular complexity index is 510. The molecule has 0 saturated carbocycles. The van der Waals surface area contributed by atoms with Crippen LogP contribution in [0.4, 0.5) is 0 Å². The van der Waals surface area contributed by atoms with Gasteiger partial charge in [-0.05, 0) is 30.5 Å². The second-order valence-electron chi connectivity index (χ2n) is 3.79. The van der Waals surface area contributed by atoms with E-state index in [-0.39, 0.29) is 0 Å². The number of nitrogens with zero attached hydrogens (tertiary/aromatic N) is 1. The maximum Gasteiger partial charge on any atom is 0.150 e. The van der Waals surface area contributed by atoms with Crippen molar-refractivity contribution in [3.8, 4) is 0 Å². The molecule has 0 spiro atoms. The molecule has 1 aromatic carbocycles. The first kappa shape index (κ1) is 12.6. The summed E-state index contributed by atoms with van der Waals surface area (Å²) in [6.07, 6.45) is 1.76. The van der Waals surface area contributed by atoms with Gasteiger partial charge in [-0.2, -0.15) is 0 Å². The lowest BCUT2D eigenvalue weighted by Gasteiger charge is -2.01. The lowest BCUT2D eigenvalue weighted by atomic mass is 10.1. The van der Waals surface area contributed by atoms with E-state index < -0.39 is 0 Å². The summed E-state index contributed by atoms with van der Waals surface area (Å²) >= 11 is 9.47. The molecule has 2 aromatic rings. The Kier molecular flexibility index (Phi) is 4.20. The second-order valence-corrected chi connectivity index (χ2v) is 5.06. The number of aromatic amines is 1. The van der Waals surface area contributed by atoms with E-state index >= 15 is 0 Å². The Morgan fingerprint density at radius 2 is 2.18 bits per heavy atom. The number of halogens is 2. The van der Waals surface area contributed by atoms with E-state index in [0.29, 0.717) is 11.7 Å². The smallest absolute Gasteiger partial charge is 0.150 e. The summed E-state index contributed by atoms with van der Waals surface area (Å²) in [7, 11) is 0. The van der Waals surface area contributed by atoms with Crippen molar-refractivity contribution < 1.29 is 0 Å². The highest BCUT2D eigenvalue weighted by Gasteiger charge is 2.07. The standard InChI is InChI=1S/C12H13BrClN3/c13-9-3-1-2-8(6-9)4-5-10-12(14)17-11(7-15)16-10/h1-3,6H,4-5,7,15H2,(H,16,17). The van der Waals surface area contributed by atoms with Crippen LogP contribution in [0.3, 0.4) is 0 Å². The maximum absolute atomic E-state index is 6.01. The van der Waals surface area contributed by atoms with Gasteiger partial charge in [-0.3, -0.25) is 0 Å². The summed E-state index contributed by atoms with van der Waals surface area (Å²) in [6, 6.07) is 8.24. The van der Waals surface area contributed by atoms with Crippen LogP contribution >= 0.6 is 27.5 Å². The van der Waals surface area contributed by atoms with E-state index in [9.17, 15) is 0 Å². The number of rotatable bonds is 4. The number of hydrogen-bond acceptors (Lipinski definition) is 2. The summed E-state index contributed by atoms with van der Waals surface area (Å²) in [6.45, 7) is 0.386. The third-order valence-corrected chi connectivity index (χ3v) is 3.33. The van der Waals surface area contributed by atoms with Crippen LogP contribution in [0.1, 0.15) is 17.1 Å². The van der Waals surface area contributed by atoms with Crippen molar-refractivity contribution in [2.24, 2.45) is 5.73 Å². The summed E-state index contributed by atoms with van der Waals surface area (Å²) in [4.78, 5) is 7.27. The zero-order chi connectivity index (χ0) is 12.3. The molecule has 0 atom stereocenters. The van der Waals surface area contributed by atoms with Gasteiger partial charge in [0, 0.05) is 4.47 Å². The molecule has 2 rings (SSSR count). The predicted octanol–water partition coefficient (Wildman–Crippen LogP) is 3.07. The van der Waals surface area contributed by atoms with Crippen molar-refractivity contribution in [3.05, 3.63) is 51.0 Å². The minimum absolute atomic E-state index is 0.386. The third kappa shape index (κ3) is 3.31. The first-order chi connectivity index (χ1) is 8.19. The molecule has 0 saturated heterocycles. The highest BCUT2D eigenvalue weighted by molar-refractivity contribution is 9.10. The maximum atomic E-state index is 6.01. The fourth-order valence-corrected chi connectivity index (χ4v) is 2.35. The van der Waals surface area contributed by atoms with Gasteiger partial charge in [-0.25, -0.2) is 4.98 Å². The van der Waals surface area contributed by atoms with E-state index in [4.69, 9.17) is 17.3 Å². The van der Waals surface area contributed by atoms with Gasteiger partial charge in [0.15, 0.2) is 0 Å². The lowest BCUT2D eigenvalue weighted by molar-refractivity contribution is 0.894. The quantitative estimate of drug-likeness (QED) is 0.911. The van der Waals surface area contributed by atoms with E-state index in [1.54, 1.807) is 0 Å². The zero-order valence-electron chi connectivity index (χ0n) is 9.21. The predicted molar refractivity (Wildman–Crippen MR) is 73.0 cm³/mol. The number of benzene rings is 1. The molecule has 0 bridgehead atoms. The van der Waals surface area contributed by atoms with Gasteiger partial charge in [-0.15, -0.1) is 0 Å². The van der Waals surface area contributed by atoms with Gasteiger partial charge >= 0.3 is 0 Å². The van der Waals surface area contributed by atoms with E-state index in [1.807, 2.05) is 12.1 Å². The molecular weight excluding hydrogens is 302 g/mol. The van der Waals surface area contributed by atoms with Gasteiger partial charge in [0.1, 0.15) is 11.0 Å². The Labute approximate surface area is 114 Å². The number of imidazole rings is 1. The number of aryl methyl sites for hydroxylation is 2. The van der Waals surface area contributed by atoms with Crippen molar-refractivity contribution in [3.63, 3.8) is 0 Å². The Hall–Kier alpha value is -0.840. The van der Waals surface area contributed by atoms with E-state index in [0.717, 1.165) is 28.8 Å². The molecule has 3 N–H and O–H groups in total. The monoisotopic (exact) mass is 313 g/mol. The van der Waals surface area contributed by atoms with Gasteiger partial charge in [0.05, 0.1) is 12.2 Å². The third-order valence-electron chi connectivity index (χ3n) is 2.52. The molecule has 90 valence electrons. The first-order valence-corrected chi connectivity index (χ1v) is 6.54. The molecule has 1 heterocycles. The fraction of sp³-hybridized carbons (Fsp3) is 0.250. The average Bonchev–Trinajstić information content (AvgIpc) is 2.68. The molecular formula is C12H13BrClN3. The minimum Gasteiger partial charge on any atom is -0.343 e. The topological polar surface area (TPSA) is 54.7 Å². The summed E-state index contributed by atoms with van der Waals surface area (Å²) in [5, 5.41) is 0.528. The van der Waals surface area contributed by atoms with Crippen LogP contribution in [0.25, 0.3) is 0 Å². The molecule has 0 unspecified atom stereocenters. The second kappa shape index (κ2) is 5.67. The molecule has 0 amide bonds. The summed E-state index contributed by atoms with van der Waals surface area (Å²) in [5.41, 5.74) is 7.71. The van der Waals surface area contributed by atoms with Crippen molar-refractivity contribution in [1.82, 2.24) is 9.97 Å².